The van der Waals surface area contributed by atoms with E-state index in [-0.39, 0.29) is 5.91 Å². The van der Waals surface area contributed by atoms with Gasteiger partial charge in [0.15, 0.2) is 0 Å². The summed E-state index contributed by atoms with van der Waals surface area (Å²) in [5.41, 5.74) is 4.14. The predicted molar refractivity (Wildman–Crippen MR) is 117 cm³/mol. The molecule has 0 radical (unpaired) electrons. The molecule has 1 aromatic carbocycles. The molecule has 6 nitrogen and oxygen atoms in total. The molecule has 1 N–H and O–H groups in total. The molecule has 3 heterocycles. The minimum Gasteiger partial charge on any atom is -0.369 e. The first-order chi connectivity index (χ1) is 13.5. The van der Waals surface area contributed by atoms with Crippen molar-refractivity contribution >= 4 is 38.8 Å². The molecule has 1 amide bonds. The van der Waals surface area contributed by atoms with Gasteiger partial charge in [-0.05, 0) is 50.2 Å². The number of hydrogen-bond donors (Lipinski definition) is 1. The van der Waals surface area contributed by atoms with Gasteiger partial charge in [0.1, 0.15) is 4.83 Å². The number of benzene rings is 1. The lowest BCUT2D eigenvalue weighted by molar-refractivity contribution is 0.103. The number of rotatable bonds is 4. The highest BCUT2D eigenvalue weighted by atomic mass is 32.1. The van der Waals surface area contributed by atoms with Gasteiger partial charge in [0.2, 0.25) is 0 Å². The molecule has 1 aliphatic rings. The average molecular weight is 398 g/mol. The lowest BCUT2D eigenvalue weighted by atomic mass is 10.1. The number of anilines is 2. The number of hydrogen-bond acceptors (Lipinski definition) is 5. The Morgan fingerprint density at radius 1 is 1.18 bits per heavy atom. The van der Waals surface area contributed by atoms with Crippen molar-refractivity contribution in [2.24, 2.45) is 7.05 Å². The zero-order valence-corrected chi connectivity index (χ0v) is 17.8. The maximum absolute atomic E-state index is 12.8. The Kier molecular flexibility index (Phi) is 5.12. The number of piperazine rings is 1. The monoisotopic (exact) mass is 397 g/mol. The Morgan fingerprint density at radius 2 is 1.93 bits per heavy atom. The maximum Gasteiger partial charge on any atom is 0.265 e. The molecule has 1 fully saturated rings. The van der Waals surface area contributed by atoms with Crippen LogP contribution in [0.15, 0.2) is 24.3 Å². The standard InChI is InChI=1S/C21H27N5OS/c1-5-25-8-10-26(11-9-25)16-6-7-18(14(2)12-16)22-20(27)19-13-17-15(3)23-24(4)21(17)28-19/h6-7,12-13H,5,8-11H2,1-4H3,(H,22,27). The zero-order chi connectivity index (χ0) is 19.8. The van der Waals surface area contributed by atoms with E-state index in [4.69, 9.17) is 0 Å². The SMILES string of the molecule is CCN1CCN(c2ccc(NC(=O)c3cc4c(C)nn(C)c4s3)c(C)c2)CC1. The Balaban J connectivity index is 1.48. The van der Waals surface area contributed by atoms with E-state index < -0.39 is 0 Å². The van der Waals surface area contributed by atoms with Crippen molar-refractivity contribution in [2.75, 3.05) is 42.9 Å². The van der Waals surface area contributed by atoms with Crippen LogP contribution in [0.4, 0.5) is 11.4 Å². The fraction of sp³-hybridized carbons (Fsp3) is 0.429. The smallest absolute Gasteiger partial charge is 0.265 e. The lowest BCUT2D eigenvalue weighted by Gasteiger charge is -2.35. The van der Waals surface area contributed by atoms with Gasteiger partial charge in [-0.1, -0.05) is 6.92 Å². The van der Waals surface area contributed by atoms with Gasteiger partial charge >= 0.3 is 0 Å². The average Bonchev–Trinajstić information content (AvgIpc) is 3.25. The molecular weight excluding hydrogens is 370 g/mol. The van der Waals surface area contributed by atoms with Crippen molar-refractivity contribution < 1.29 is 4.79 Å². The van der Waals surface area contributed by atoms with Crippen molar-refractivity contribution in [2.45, 2.75) is 20.8 Å². The van der Waals surface area contributed by atoms with Gasteiger partial charge < -0.3 is 15.1 Å². The molecule has 3 aromatic rings. The number of carbonyl (C=O) groups excluding carboxylic acids is 1. The number of aromatic nitrogens is 2. The molecular formula is C21H27N5OS. The summed E-state index contributed by atoms with van der Waals surface area (Å²) in [7, 11) is 1.91. The van der Waals surface area contributed by atoms with Crippen molar-refractivity contribution in [1.82, 2.24) is 14.7 Å². The highest BCUT2D eigenvalue weighted by Gasteiger charge is 2.18. The van der Waals surface area contributed by atoms with Gasteiger partial charge in [-0.15, -0.1) is 11.3 Å². The second-order valence-corrected chi connectivity index (χ2v) is 8.44. The minimum absolute atomic E-state index is 0.0620. The summed E-state index contributed by atoms with van der Waals surface area (Å²) in [6.45, 7) is 11.7. The number of amides is 1. The topological polar surface area (TPSA) is 53.4 Å². The summed E-state index contributed by atoms with van der Waals surface area (Å²) in [6, 6.07) is 8.25. The second-order valence-electron chi connectivity index (χ2n) is 7.41. The third kappa shape index (κ3) is 3.52. The summed E-state index contributed by atoms with van der Waals surface area (Å²) in [6.07, 6.45) is 0. The van der Waals surface area contributed by atoms with Gasteiger partial charge in [0, 0.05) is 50.0 Å². The summed E-state index contributed by atoms with van der Waals surface area (Å²) in [5, 5.41) is 8.53. The zero-order valence-electron chi connectivity index (χ0n) is 17.0. The minimum atomic E-state index is -0.0620. The van der Waals surface area contributed by atoms with Gasteiger partial charge in [0.25, 0.3) is 5.91 Å². The molecule has 7 heteroatoms. The molecule has 0 saturated carbocycles. The van der Waals surface area contributed by atoms with Crippen LogP contribution in [0.2, 0.25) is 0 Å². The van der Waals surface area contributed by atoms with Gasteiger partial charge in [0.05, 0.1) is 10.6 Å². The molecule has 0 atom stereocenters. The molecule has 1 aliphatic heterocycles. The Morgan fingerprint density at radius 3 is 2.57 bits per heavy atom. The number of thiophene rings is 1. The van der Waals surface area contributed by atoms with E-state index in [2.05, 4.69) is 46.2 Å². The van der Waals surface area contributed by atoms with Gasteiger partial charge in [-0.25, -0.2) is 0 Å². The largest absolute Gasteiger partial charge is 0.369 e. The first-order valence-electron chi connectivity index (χ1n) is 9.78. The molecule has 2 aromatic heterocycles. The van der Waals surface area contributed by atoms with Crippen LogP contribution in [-0.2, 0) is 7.05 Å². The van der Waals surface area contributed by atoms with Crippen LogP contribution in [-0.4, -0.2) is 53.3 Å². The highest BCUT2D eigenvalue weighted by molar-refractivity contribution is 7.20. The number of aryl methyl sites for hydroxylation is 3. The van der Waals surface area contributed by atoms with Crippen LogP contribution < -0.4 is 10.2 Å². The van der Waals surface area contributed by atoms with E-state index in [0.29, 0.717) is 4.88 Å². The fourth-order valence-electron chi connectivity index (χ4n) is 3.81. The fourth-order valence-corrected chi connectivity index (χ4v) is 4.83. The molecule has 0 bridgehead atoms. The van der Waals surface area contributed by atoms with E-state index in [1.54, 1.807) is 0 Å². The summed E-state index contributed by atoms with van der Waals surface area (Å²) < 4.78 is 1.84. The van der Waals surface area contributed by atoms with Crippen LogP contribution in [0.25, 0.3) is 10.2 Å². The van der Waals surface area contributed by atoms with Gasteiger partial charge in [-0.2, -0.15) is 5.10 Å². The number of nitrogens with one attached hydrogen (secondary N) is 1. The van der Waals surface area contributed by atoms with E-state index in [9.17, 15) is 4.79 Å². The highest BCUT2D eigenvalue weighted by Crippen LogP contribution is 2.29. The van der Waals surface area contributed by atoms with Gasteiger partial charge in [-0.3, -0.25) is 9.48 Å². The first kappa shape index (κ1) is 19.0. The van der Waals surface area contributed by atoms with Crippen molar-refractivity contribution in [3.05, 3.63) is 40.4 Å². The summed E-state index contributed by atoms with van der Waals surface area (Å²) in [4.78, 5) is 19.4. The molecule has 28 heavy (non-hydrogen) atoms. The predicted octanol–water partition coefficient (Wildman–Crippen LogP) is 3.65. The Labute approximate surface area is 169 Å². The first-order valence-corrected chi connectivity index (χ1v) is 10.6. The van der Waals surface area contributed by atoms with Crippen LogP contribution in [0.3, 0.4) is 0 Å². The third-order valence-corrected chi connectivity index (χ3v) is 6.76. The second kappa shape index (κ2) is 7.56. The van der Waals surface area contributed by atoms with E-state index in [0.717, 1.165) is 59.9 Å². The third-order valence-electron chi connectivity index (χ3n) is 5.56. The molecule has 148 valence electrons. The van der Waals surface area contributed by atoms with Crippen LogP contribution in [0.1, 0.15) is 27.9 Å². The molecule has 0 spiro atoms. The summed E-state index contributed by atoms with van der Waals surface area (Å²) in [5.74, 6) is -0.0620. The van der Waals surface area contributed by atoms with Crippen LogP contribution in [0, 0.1) is 13.8 Å². The quantitative estimate of drug-likeness (QED) is 0.730. The van der Waals surface area contributed by atoms with Crippen LogP contribution in [0.5, 0.6) is 0 Å². The number of nitrogens with zero attached hydrogens (tertiary/aromatic N) is 4. The molecule has 0 aliphatic carbocycles. The Hall–Kier alpha value is -2.38. The Bertz CT molecular complexity index is 979. The number of fused-ring (bicyclic) bond motifs is 1. The van der Waals surface area contributed by atoms with Crippen LogP contribution >= 0.6 is 11.3 Å². The van der Waals surface area contributed by atoms with Crippen molar-refractivity contribution in [3.63, 3.8) is 0 Å². The number of carbonyl (C=O) groups is 1. The molecule has 0 unspecified atom stereocenters. The molecule has 1 saturated heterocycles. The summed E-state index contributed by atoms with van der Waals surface area (Å²) >= 11 is 1.48. The number of likely N-dealkylation sites (N-methyl/N-ethyl adjacent to an activating group) is 1. The lowest BCUT2D eigenvalue weighted by Crippen LogP contribution is -2.46. The maximum atomic E-state index is 12.8. The van der Waals surface area contributed by atoms with E-state index in [1.807, 2.05) is 30.8 Å². The van der Waals surface area contributed by atoms with E-state index in [1.165, 1.54) is 17.0 Å². The van der Waals surface area contributed by atoms with Crippen molar-refractivity contribution in [3.8, 4) is 0 Å². The molecule has 4 rings (SSSR count). The van der Waals surface area contributed by atoms with E-state index >= 15 is 0 Å². The van der Waals surface area contributed by atoms with Crippen molar-refractivity contribution in [1.29, 1.82) is 0 Å². The normalized spacial score (nSPS) is 15.4.